The molecule has 11 heteroatoms. The Labute approximate surface area is 198 Å². The summed E-state index contributed by atoms with van der Waals surface area (Å²) in [4.78, 5) is 40.0. The number of nitrogens with two attached hydrogens (primary N) is 1. The smallest absolute Gasteiger partial charge is 0.252 e. The largest absolute Gasteiger partial charge is 0.493 e. The van der Waals surface area contributed by atoms with Crippen LogP contribution in [0.3, 0.4) is 0 Å². The number of carbonyl (C=O) groups excluding carboxylic acids is 3. The fourth-order valence-corrected chi connectivity index (χ4v) is 5.06. The van der Waals surface area contributed by atoms with Gasteiger partial charge in [0.15, 0.2) is 11.5 Å². The zero-order chi connectivity index (χ0) is 24.0. The lowest BCUT2D eigenvalue weighted by Gasteiger charge is -2.37. The van der Waals surface area contributed by atoms with Crippen LogP contribution in [0.25, 0.3) is 0 Å². The van der Waals surface area contributed by atoms with Crippen LogP contribution in [0.1, 0.15) is 43.0 Å². The Bertz CT molecular complexity index is 870. The van der Waals surface area contributed by atoms with Gasteiger partial charge in [0.2, 0.25) is 11.8 Å². The molecule has 3 amide bonds. The molecule has 0 spiro atoms. The van der Waals surface area contributed by atoms with Crippen molar-refractivity contribution in [3.05, 3.63) is 23.8 Å². The standard InChI is InChI=1S/C22H33N5O5S/c1-4-14-7-5-6-10-27(14)17(28)12-33-22-25-19(23)18(21(30)26-22)24-20(29)13-8-9-15(31-2)16(11-13)32-3/h8-9,11,14,18-19,22,25H,4-7,10,12,23H2,1-3H3,(H,24,29)(H,26,30). The number of thioether (sulfide) groups is 1. The quantitative estimate of drug-likeness (QED) is 0.426. The van der Waals surface area contributed by atoms with Gasteiger partial charge in [0.05, 0.1) is 26.1 Å². The predicted molar refractivity (Wildman–Crippen MR) is 126 cm³/mol. The second kappa shape index (κ2) is 11.6. The fourth-order valence-electron chi connectivity index (χ4n) is 4.13. The SMILES string of the molecule is CCC1CCCCN1C(=O)CSC1NC(=O)C(NC(=O)c2ccc(OC)c(OC)c2)C(N)N1. The maximum absolute atomic E-state index is 12.7. The van der Waals surface area contributed by atoms with E-state index in [1.807, 2.05) is 4.90 Å². The molecule has 4 atom stereocenters. The number of hydrogen-bond acceptors (Lipinski definition) is 8. The normalized spacial score (nSPS) is 25.2. The number of piperidine rings is 1. The Hall–Kier alpha value is -2.50. The molecular weight excluding hydrogens is 446 g/mol. The van der Waals surface area contributed by atoms with Crippen LogP contribution in [0.4, 0.5) is 0 Å². The summed E-state index contributed by atoms with van der Waals surface area (Å²) in [6, 6.07) is 4.04. The van der Waals surface area contributed by atoms with Gasteiger partial charge >= 0.3 is 0 Å². The van der Waals surface area contributed by atoms with Crippen molar-refractivity contribution in [3.63, 3.8) is 0 Å². The summed E-state index contributed by atoms with van der Waals surface area (Å²) in [7, 11) is 2.98. The van der Waals surface area contributed by atoms with Crippen molar-refractivity contribution >= 4 is 29.5 Å². The van der Waals surface area contributed by atoms with Gasteiger partial charge in [0, 0.05) is 18.2 Å². The third kappa shape index (κ3) is 6.10. The van der Waals surface area contributed by atoms with E-state index in [4.69, 9.17) is 15.2 Å². The number of methoxy groups -OCH3 is 2. The van der Waals surface area contributed by atoms with Crippen molar-refractivity contribution in [1.82, 2.24) is 20.9 Å². The number of likely N-dealkylation sites (tertiary alicyclic amines) is 1. The zero-order valence-electron chi connectivity index (χ0n) is 19.3. The monoisotopic (exact) mass is 479 g/mol. The molecule has 33 heavy (non-hydrogen) atoms. The highest BCUT2D eigenvalue weighted by molar-refractivity contribution is 8.00. The van der Waals surface area contributed by atoms with Crippen molar-refractivity contribution in [1.29, 1.82) is 0 Å². The number of nitrogens with zero attached hydrogens (tertiary/aromatic N) is 1. The van der Waals surface area contributed by atoms with Crippen molar-refractivity contribution < 1.29 is 23.9 Å². The third-order valence-corrected chi connectivity index (χ3v) is 6.98. The van der Waals surface area contributed by atoms with Gasteiger partial charge in [0.1, 0.15) is 11.5 Å². The lowest BCUT2D eigenvalue weighted by atomic mass is 10.0. The number of benzene rings is 1. The topological polar surface area (TPSA) is 135 Å². The molecule has 182 valence electrons. The highest BCUT2D eigenvalue weighted by Crippen LogP contribution is 2.27. The summed E-state index contributed by atoms with van der Waals surface area (Å²) in [5.74, 6) is 0.326. The van der Waals surface area contributed by atoms with Gasteiger partial charge in [-0.1, -0.05) is 6.92 Å². The lowest BCUT2D eigenvalue weighted by Crippen LogP contribution is -2.70. The zero-order valence-corrected chi connectivity index (χ0v) is 20.1. The van der Waals surface area contributed by atoms with Gasteiger partial charge in [-0.25, -0.2) is 0 Å². The molecule has 0 saturated carbocycles. The summed E-state index contributed by atoms with van der Waals surface area (Å²) >= 11 is 1.29. The maximum Gasteiger partial charge on any atom is 0.252 e. The van der Waals surface area contributed by atoms with Crippen molar-refractivity contribution in [2.75, 3.05) is 26.5 Å². The minimum atomic E-state index is -0.968. The van der Waals surface area contributed by atoms with E-state index in [1.54, 1.807) is 12.1 Å². The molecule has 2 aliphatic heterocycles. The number of rotatable bonds is 8. The number of carbonyl (C=O) groups is 3. The van der Waals surface area contributed by atoms with Crippen LogP contribution in [0.15, 0.2) is 18.2 Å². The molecule has 10 nitrogen and oxygen atoms in total. The first-order valence-corrected chi connectivity index (χ1v) is 12.2. The Morgan fingerprint density at radius 3 is 2.67 bits per heavy atom. The van der Waals surface area contributed by atoms with Crippen LogP contribution >= 0.6 is 11.8 Å². The lowest BCUT2D eigenvalue weighted by molar-refractivity contribution is -0.132. The highest BCUT2D eigenvalue weighted by Gasteiger charge is 2.36. The van der Waals surface area contributed by atoms with Crippen LogP contribution in [-0.4, -0.2) is 72.9 Å². The van der Waals surface area contributed by atoms with Gasteiger partial charge in [-0.15, -0.1) is 11.8 Å². The van der Waals surface area contributed by atoms with E-state index >= 15 is 0 Å². The molecule has 4 unspecified atom stereocenters. The Morgan fingerprint density at radius 2 is 2.00 bits per heavy atom. The highest BCUT2D eigenvalue weighted by atomic mass is 32.2. The summed E-state index contributed by atoms with van der Waals surface area (Å²) in [5, 5.41) is 8.49. The molecule has 0 aromatic heterocycles. The van der Waals surface area contributed by atoms with Gasteiger partial charge in [-0.2, -0.15) is 0 Å². The molecule has 1 aromatic carbocycles. The summed E-state index contributed by atoms with van der Waals surface area (Å²) in [6.45, 7) is 2.88. The molecule has 1 aromatic rings. The van der Waals surface area contributed by atoms with Gasteiger partial charge in [-0.3, -0.25) is 19.7 Å². The summed E-state index contributed by atoms with van der Waals surface area (Å²) in [5.41, 5.74) is 5.93. The van der Waals surface area contributed by atoms with E-state index in [1.165, 1.54) is 32.0 Å². The Balaban J connectivity index is 1.54. The second-order valence-electron chi connectivity index (χ2n) is 8.06. The average molecular weight is 480 g/mol. The van der Waals surface area contributed by atoms with Gasteiger partial charge < -0.3 is 30.7 Å². The van der Waals surface area contributed by atoms with E-state index in [-0.39, 0.29) is 11.7 Å². The minimum absolute atomic E-state index is 0.0695. The number of hydrogen-bond donors (Lipinski definition) is 4. The Kier molecular flexibility index (Phi) is 8.81. The first kappa shape index (κ1) is 25.1. The molecule has 2 aliphatic rings. The average Bonchev–Trinajstić information content (AvgIpc) is 2.83. The van der Waals surface area contributed by atoms with E-state index in [0.717, 1.165) is 32.2 Å². The molecule has 2 saturated heterocycles. The van der Waals surface area contributed by atoms with Crippen LogP contribution in [0.2, 0.25) is 0 Å². The molecule has 2 heterocycles. The Morgan fingerprint density at radius 1 is 1.24 bits per heavy atom. The molecule has 5 N–H and O–H groups in total. The van der Waals surface area contributed by atoms with E-state index < -0.39 is 29.5 Å². The summed E-state index contributed by atoms with van der Waals surface area (Å²) < 4.78 is 10.4. The molecule has 2 fully saturated rings. The molecular formula is C22H33N5O5S. The second-order valence-corrected chi connectivity index (χ2v) is 9.15. The van der Waals surface area contributed by atoms with Crippen LogP contribution in [0, 0.1) is 0 Å². The van der Waals surface area contributed by atoms with Crippen LogP contribution in [-0.2, 0) is 9.59 Å². The third-order valence-electron chi connectivity index (χ3n) is 5.98. The van der Waals surface area contributed by atoms with E-state index in [0.29, 0.717) is 23.1 Å². The minimum Gasteiger partial charge on any atom is -0.493 e. The molecule has 0 bridgehead atoms. The molecule has 0 radical (unpaired) electrons. The van der Waals surface area contributed by atoms with Crippen molar-refractivity contribution in [3.8, 4) is 11.5 Å². The number of nitrogens with one attached hydrogen (secondary N) is 3. The summed E-state index contributed by atoms with van der Waals surface area (Å²) in [6.07, 6.45) is 3.35. The first-order valence-electron chi connectivity index (χ1n) is 11.1. The fraction of sp³-hybridized carbons (Fsp3) is 0.591. The van der Waals surface area contributed by atoms with Crippen LogP contribution in [0.5, 0.6) is 11.5 Å². The van der Waals surface area contributed by atoms with Crippen LogP contribution < -0.4 is 31.2 Å². The number of amides is 3. The first-order chi connectivity index (χ1) is 15.9. The van der Waals surface area contributed by atoms with Gasteiger partial charge in [0.25, 0.3) is 5.91 Å². The predicted octanol–water partition coefficient (Wildman–Crippen LogP) is 0.614. The van der Waals surface area contributed by atoms with E-state index in [9.17, 15) is 14.4 Å². The number of ether oxygens (including phenoxy) is 2. The molecule has 3 rings (SSSR count). The van der Waals surface area contributed by atoms with Crippen molar-refractivity contribution in [2.45, 2.75) is 56.4 Å². The molecule has 0 aliphatic carbocycles. The van der Waals surface area contributed by atoms with Crippen molar-refractivity contribution in [2.24, 2.45) is 5.73 Å². The van der Waals surface area contributed by atoms with E-state index in [2.05, 4.69) is 22.9 Å². The maximum atomic E-state index is 12.7. The van der Waals surface area contributed by atoms with Gasteiger partial charge in [-0.05, 0) is 43.9 Å².